The first-order valence-electron chi connectivity index (χ1n) is 16.3. The summed E-state index contributed by atoms with van der Waals surface area (Å²) in [5, 5.41) is 5.23. The third kappa shape index (κ3) is 5.23. The molecule has 0 radical (unpaired) electrons. The zero-order valence-corrected chi connectivity index (χ0v) is 27.1. The van der Waals surface area contributed by atoms with Crippen molar-refractivity contribution in [2.24, 2.45) is 0 Å². The molecule has 0 aliphatic carbocycles. The molecule has 0 aliphatic heterocycles. The Kier molecular flexibility index (Phi) is 7.07. The minimum Gasteiger partial charge on any atom is -0.311 e. The molecular weight excluding hydrogens is 599 g/mol. The third-order valence-electron chi connectivity index (χ3n) is 9.26. The number of thiophene rings is 1. The third-order valence-corrected chi connectivity index (χ3v) is 10.4. The van der Waals surface area contributed by atoms with Gasteiger partial charge in [-0.1, -0.05) is 127 Å². The van der Waals surface area contributed by atoms with Gasteiger partial charge in [0.2, 0.25) is 0 Å². The van der Waals surface area contributed by atoms with Crippen molar-refractivity contribution in [3.05, 3.63) is 188 Å². The molecule has 0 aliphatic rings. The maximum atomic E-state index is 2.35. The molecule has 1 heterocycles. The number of nitrogens with zero attached hydrogens (tertiary/aromatic N) is 1. The van der Waals surface area contributed by atoms with Gasteiger partial charge in [-0.3, -0.25) is 0 Å². The highest BCUT2D eigenvalue weighted by molar-refractivity contribution is 7.25. The number of benzene rings is 8. The molecule has 226 valence electrons. The molecule has 48 heavy (non-hydrogen) atoms. The van der Waals surface area contributed by atoms with Gasteiger partial charge in [0.05, 0.1) is 0 Å². The molecule has 0 spiro atoms. The van der Waals surface area contributed by atoms with Gasteiger partial charge >= 0.3 is 0 Å². The number of fused-ring (bicyclic) bond motifs is 4. The summed E-state index contributed by atoms with van der Waals surface area (Å²) in [7, 11) is 0. The van der Waals surface area contributed by atoms with Crippen LogP contribution >= 0.6 is 11.3 Å². The molecule has 0 amide bonds. The summed E-state index contributed by atoms with van der Waals surface area (Å²) >= 11 is 1.87. The van der Waals surface area contributed by atoms with Crippen molar-refractivity contribution in [1.82, 2.24) is 0 Å². The van der Waals surface area contributed by atoms with E-state index in [0.29, 0.717) is 0 Å². The minimum absolute atomic E-state index is 1.12. The van der Waals surface area contributed by atoms with Crippen LogP contribution in [-0.4, -0.2) is 0 Å². The fraction of sp³-hybridized carbons (Fsp3) is 0. The van der Waals surface area contributed by atoms with Crippen LogP contribution in [0.25, 0.3) is 64.3 Å². The van der Waals surface area contributed by atoms with Crippen LogP contribution in [0, 0.1) is 0 Å². The van der Waals surface area contributed by atoms with Gasteiger partial charge in [0.25, 0.3) is 0 Å². The van der Waals surface area contributed by atoms with Crippen LogP contribution in [0.4, 0.5) is 17.1 Å². The maximum absolute atomic E-state index is 2.35. The van der Waals surface area contributed by atoms with Crippen LogP contribution in [0.1, 0.15) is 0 Å². The molecule has 8 aromatic carbocycles. The zero-order valence-electron chi connectivity index (χ0n) is 26.3. The number of anilines is 3. The van der Waals surface area contributed by atoms with Gasteiger partial charge in [-0.25, -0.2) is 0 Å². The predicted octanol–water partition coefficient (Wildman–Crippen LogP) is 13.7. The van der Waals surface area contributed by atoms with E-state index in [9.17, 15) is 0 Å². The summed E-state index contributed by atoms with van der Waals surface area (Å²) in [5.41, 5.74) is 10.7. The Labute approximate surface area is 284 Å². The fourth-order valence-corrected chi connectivity index (χ4v) is 7.90. The summed E-state index contributed by atoms with van der Waals surface area (Å²) in [4.78, 5) is 2.32. The van der Waals surface area contributed by atoms with Crippen molar-refractivity contribution in [2.45, 2.75) is 0 Å². The fourth-order valence-electron chi connectivity index (χ4n) is 6.76. The molecule has 9 rings (SSSR count). The summed E-state index contributed by atoms with van der Waals surface area (Å²) in [6.45, 7) is 0. The second-order valence-electron chi connectivity index (χ2n) is 12.2. The van der Waals surface area contributed by atoms with E-state index >= 15 is 0 Å². The van der Waals surface area contributed by atoms with Crippen molar-refractivity contribution >= 4 is 59.3 Å². The van der Waals surface area contributed by atoms with Crippen LogP contribution in [0.5, 0.6) is 0 Å². The second-order valence-corrected chi connectivity index (χ2v) is 13.3. The normalized spacial score (nSPS) is 11.3. The lowest BCUT2D eigenvalue weighted by Gasteiger charge is -2.26. The van der Waals surface area contributed by atoms with Crippen LogP contribution in [0.2, 0.25) is 0 Å². The minimum atomic E-state index is 1.12. The van der Waals surface area contributed by atoms with E-state index in [0.717, 1.165) is 17.1 Å². The molecule has 1 nitrogen and oxygen atoms in total. The maximum Gasteiger partial charge on any atom is 0.0462 e. The SMILES string of the molecule is c1ccc(-c2ccc(-c3ccc(N(c4ccccc4)c4ccc(-c5ccc6cc7c(cc6c5)sc5ccccc57)cc4)cc3)cc2)cc1. The van der Waals surface area contributed by atoms with Crippen molar-refractivity contribution in [3.8, 4) is 33.4 Å². The summed E-state index contributed by atoms with van der Waals surface area (Å²) in [6.07, 6.45) is 0. The van der Waals surface area contributed by atoms with Gasteiger partial charge < -0.3 is 4.90 Å². The van der Waals surface area contributed by atoms with Gasteiger partial charge in [0, 0.05) is 37.2 Å². The van der Waals surface area contributed by atoms with Crippen LogP contribution in [-0.2, 0) is 0 Å². The first-order chi connectivity index (χ1) is 23.8. The lowest BCUT2D eigenvalue weighted by atomic mass is 9.99. The number of hydrogen-bond donors (Lipinski definition) is 0. The molecular formula is C46H31NS. The van der Waals surface area contributed by atoms with E-state index in [1.807, 2.05) is 11.3 Å². The highest BCUT2D eigenvalue weighted by Crippen LogP contribution is 2.39. The molecule has 0 atom stereocenters. The first-order valence-corrected chi connectivity index (χ1v) is 17.2. The van der Waals surface area contributed by atoms with Crippen molar-refractivity contribution in [2.75, 3.05) is 4.90 Å². The molecule has 0 unspecified atom stereocenters. The average Bonchev–Trinajstić information content (AvgIpc) is 3.52. The van der Waals surface area contributed by atoms with E-state index in [1.165, 1.54) is 64.3 Å². The van der Waals surface area contributed by atoms with E-state index in [4.69, 9.17) is 0 Å². The Hall–Kier alpha value is -5.96. The van der Waals surface area contributed by atoms with Gasteiger partial charge in [-0.05, 0) is 105 Å². The molecule has 0 bridgehead atoms. The van der Waals surface area contributed by atoms with Gasteiger partial charge in [0.1, 0.15) is 0 Å². The molecule has 9 aromatic rings. The smallest absolute Gasteiger partial charge is 0.0462 e. The summed E-state index contributed by atoms with van der Waals surface area (Å²) in [5.74, 6) is 0. The topological polar surface area (TPSA) is 3.24 Å². The monoisotopic (exact) mass is 629 g/mol. The highest BCUT2D eigenvalue weighted by Gasteiger charge is 2.14. The Bertz CT molecular complexity index is 2510. The lowest BCUT2D eigenvalue weighted by molar-refractivity contribution is 1.28. The number of para-hydroxylation sites is 1. The summed E-state index contributed by atoms with van der Waals surface area (Å²) in [6, 6.07) is 68.0. The number of hydrogen-bond acceptors (Lipinski definition) is 2. The van der Waals surface area contributed by atoms with Crippen LogP contribution in [0.3, 0.4) is 0 Å². The molecule has 2 heteroatoms. The van der Waals surface area contributed by atoms with E-state index in [-0.39, 0.29) is 0 Å². The van der Waals surface area contributed by atoms with Gasteiger partial charge in [0.15, 0.2) is 0 Å². The van der Waals surface area contributed by atoms with Gasteiger partial charge in [-0.15, -0.1) is 11.3 Å². The highest BCUT2D eigenvalue weighted by atomic mass is 32.1. The van der Waals surface area contributed by atoms with Crippen molar-refractivity contribution in [1.29, 1.82) is 0 Å². The van der Waals surface area contributed by atoms with Crippen molar-refractivity contribution < 1.29 is 0 Å². The van der Waals surface area contributed by atoms with Gasteiger partial charge in [-0.2, -0.15) is 0 Å². The van der Waals surface area contributed by atoms with Crippen LogP contribution < -0.4 is 4.90 Å². The lowest BCUT2D eigenvalue weighted by Crippen LogP contribution is -2.09. The number of rotatable bonds is 6. The van der Waals surface area contributed by atoms with E-state index < -0.39 is 0 Å². The molecule has 0 saturated carbocycles. The Morgan fingerprint density at radius 2 is 0.771 bits per heavy atom. The predicted molar refractivity (Wildman–Crippen MR) is 208 cm³/mol. The molecule has 0 fully saturated rings. The van der Waals surface area contributed by atoms with Crippen LogP contribution in [0.15, 0.2) is 188 Å². The zero-order chi connectivity index (χ0) is 31.9. The Balaban J connectivity index is 1.02. The van der Waals surface area contributed by atoms with Crippen molar-refractivity contribution in [3.63, 3.8) is 0 Å². The molecule has 1 aromatic heterocycles. The summed E-state index contributed by atoms with van der Waals surface area (Å²) < 4.78 is 2.68. The van der Waals surface area contributed by atoms with E-state index in [2.05, 4.69) is 193 Å². The largest absolute Gasteiger partial charge is 0.311 e. The standard InChI is InChI=1S/C46H31NS/c1-3-9-32(10-4-1)33-15-17-34(18-16-33)35-21-25-41(26-22-35)47(40-11-5-2-6-12-40)42-27-23-36(24-28-42)37-19-20-38-30-44-43-13-7-8-14-45(43)48-46(44)31-39(38)29-37/h1-31H. The quantitative estimate of drug-likeness (QED) is 0.177. The van der Waals surface area contributed by atoms with E-state index in [1.54, 1.807) is 0 Å². The second kappa shape index (κ2) is 12.0. The Morgan fingerprint density at radius 3 is 1.42 bits per heavy atom. The Morgan fingerprint density at radius 1 is 0.292 bits per heavy atom. The first kappa shape index (κ1) is 28.3. The average molecular weight is 630 g/mol. The molecule has 0 saturated heterocycles. The molecule has 0 N–H and O–H groups in total.